The van der Waals surface area contributed by atoms with Gasteiger partial charge >= 0.3 is 5.97 Å². The maximum atomic E-state index is 11.7. The highest BCUT2D eigenvalue weighted by molar-refractivity contribution is 6.39. The number of Topliss-reactive ketones (excluding diaryl/α,β-unsaturated/α-hetero) is 1. The van der Waals surface area contributed by atoms with E-state index in [1.807, 2.05) is 19.1 Å². The first kappa shape index (κ1) is 23.4. The number of hydrogen-bond acceptors (Lipinski definition) is 9. The summed E-state index contributed by atoms with van der Waals surface area (Å²) in [5, 5.41) is 23.8. The van der Waals surface area contributed by atoms with Crippen LogP contribution in [0.2, 0.25) is 0 Å². The lowest BCUT2D eigenvalue weighted by Crippen LogP contribution is -2.30. The van der Waals surface area contributed by atoms with Crippen molar-refractivity contribution in [2.75, 3.05) is 6.61 Å². The number of aromatic nitrogens is 2. The van der Waals surface area contributed by atoms with E-state index in [1.54, 1.807) is 31.5 Å². The summed E-state index contributed by atoms with van der Waals surface area (Å²) in [6.07, 6.45) is 7.08. The van der Waals surface area contributed by atoms with Gasteiger partial charge in [0.1, 0.15) is 0 Å². The third-order valence-corrected chi connectivity index (χ3v) is 3.83. The van der Waals surface area contributed by atoms with E-state index in [-0.39, 0.29) is 12.3 Å². The van der Waals surface area contributed by atoms with E-state index >= 15 is 0 Å². The first-order chi connectivity index (χ1) is 14.0. The van der Waals surface area contributed by atoms with Gasteiger partial charge in [-0.2, -0.15) is 0 Å². The smallest absolute Gasteiger partial charge is 0.375 e. The van der Waals surface area contributed by atoms with Gasteiger partial charge in [-0.05, 0) is 44.5 Å². The summed E-state index contributed by atoms with van der Waals surface area (Å²) in [6.45, 7) is 5.15. The van der Waals surface area contributed by atoms with Gasteiger partial charge in [-0.25, -0.2) is 4.79 Å². The average Bonchev–Trinajstić information content (AvgIpc) is 2.76. The van der Waals surface area contributed by atoms with Crippen molar-refractivity contribution in [1.82, 2.24) is 9.97 Å². The number of ether oxygens (including phenoxy) is 1. The van der Waals surface area contributed by atoms with Gasteiger partial charge in [-0.15, -0.1) is 0 Å². The van der Waals surface area contributed by atoms with E-state index in [9.17, 15) is 9.59 Å². The summed E-state index contributed by atoms with van der Waals surface area (Å²) in [6, 6.07) is 6.81. The fourth-order valence-corrected chi connectivity index (χ4v) is 2.30. The monoisotopic (exact) mass is 400 g/mol. The molecule has 0 saturated heterocycles. The molecule has 2 heterocycles. The lowest BCUT2D eigenvalue weighted by Gasteiger charge is -2.11. The van der Waals surface area contributed by atoms with Crippen molar-refractivity contribution in [3.05, 3.63) is 60.2 Å². The zero-order valence-electron chi connectivity index (χ0n) is 16.5. The first-order valence-corrected chi connectivity index (χ1v) is 8.94. The van der Waals surface area contributed by atoms with Gasteiger partial charge < -0.3 is 15.2 Å². The Labute approximate surface area is 168 Å². The minimum Gasteiger partial charge on any atom is -0.460 e. The standard InChI is InChI=1S/C12H14N2O4.C8H10N2O/c1-3-18-12(16)11(15)8(2)10(14-17)9-4-6-13-7-5-9;1-2-8(10-11)7-3-5-9-6-4-7/h4-8,17H,3H2,1-2H3;3-6,11H,2H2,1H3. The molecule has 0 bridgehead atoms. The summed E-state index contributed by atoms with van der Waals surface area (Å²) in [4.78, 5) is 30.7. The first-order valence-electron chi connectivity index (χ1n) is 8.94. The number of hydrogen-bond donors (Lipinski definition) is 2. The van der Waals surface area contributed by atoms with E-state index < -0.39 is 17.7 Å². The van der Waals surface area contributed by atoms with Crippen LogP contribution in [-0.2, 0) is 14.3 Å². The molecule has 0 aliphatic carbocycles. The highest BCUT2D eigenvalue weighted by Gasteiger charge is 2.28. The normalized spacial score (nSPS) is 12.4. The predicted molar refractivity (Wildman–Crippen MR) is 106 cm³/mol. The van der Waals surface area contributed by atoms with E-state index in [2.05, 4.69) is 25.0 Å². The molecule has 29 heavy (non-hydrogen) atoms. The number of carbonyl (C=O) groups excluding carboxylic acids is 2. The third-order valence-electron chi connectivity index (χ3n) is 3.83. The third kappa shape index (κ3) is 7.13. The Hall–Kier alpha value is -3.62. The predicted octanol–water partition coefficient (Wildman–Crippen LogP) is 2.70. The molecule has 9 heteroatoms. The lowest BCUT2D eigenvalue weighted by atomic mass is 9.95. The quantitative estimate of drug-likeness (QED) is 0.240. The molecule has 0 fully saturated rings. The Morgan fingerprint density at radius 2 is 1.48 bits per heavy atom. The summed E-state index contributed by atoms with van der Waals surface area (Å²) in [5.41, 5.74) is 2.24. The molecule has 9 nitrogen and oxygen atoms in total. The minimum absolute atomic E-state index is 0.107. The largest absolute Gasteiger partial charge is 0.460 e. The molecular weight excluding hydrogens is 376 g/mol. The second-order valence-corrected chi connectivity index (χ2v) is 5.66. The average molecular weight is 400 g/mol. The van der Waals surface area contributed by atoms with Gasteiger partial charge in [-0.3, -0.25) is 14.8 Å². The molecule has 2 rings (SSSR count). The number of rotatable bonds is 7. The van der Waals surface area contributed by atoms with Gasteiger partial charge in [-0.1, -0.05) is 17.2 Å². The van der Waals surface area contributed by atoms with Crippen molar-refractivity contribution in [3.63, 3.8) is 0 Å². The van der Waals surface area contributed by atoms with Gasteiger partial charge in [0.05, 0.1) is 23.9 Å². The van der Waals surface area contributed by atoms with Crippen molar-refractivity contribution in [2.24, 2.45) is 16.2 Å². The Morgan fingerprint density at radius 1 is 0.966 bits per heavy atom. The molecule has 1 atom stereocenters. The second kappa shape index (κ2) is 12.7. The fourth-order valence-electron chi connectivity index (χ4n) is 2.30. The number of oxime groups is 2. The minimum atomic E-state index is -0.930. The van der Waals surface area contributed by atoms with Crippen LogP contribution < -0.4 is 0 Å². The Bertz CT molecular complexity index is 838. The SMILES string of the molecule is CCC(=NO)c1ccncc1.CCOC(=O)C(=O)C(C)C(=NO)c1ccncc1. The van der Waals surface area contributed by atoms with Crippen LogP contribution in [0.5, 0.6) is 0 Å². The molecule has 0 amide bonds. The van der Waals surface area contributed by atoms with E-state index in [1.165, 1.54) is 19.3 Å². The number of nitrogens with zero attached hydrogens (tertiary/aromatic N) is 4. The van der Waals surface area contributed by atoms with Crippen LogP contribution >= 0.6 is 0 Å². The van der Waals surface area contributed by atoms with Crippen molar-refractivity contribution in [3.8, 4) is 0 Å². The molecular formula is C20H24N4O5. The van der Waals surface area contributed by atoms with Crippen LogP contribution in [0.25, 0.3) is 0 Å². The Kier molecular flexibility index (Phi) is 10.3. The Balaban J connectivity index is 0.000000326. The number of pyridine rings is 2. The zero-order valence-corrected chi connectivity index (χ0v) is 16.5. The van der Waals surface area contributed by atoms with Crippen LogP contribution in [0, 0.1) is 5.92 Å². The van der Waals surface area contributed by atoms with Gasteiger partial charge in [0, 0.05) is 35.9 Å². The summed E-state index contributed by atoms with van der Waals surface area (Å²) in [5.74, 6) is -2.56. The van der Waals surface area contributed by atoms with Gasteiger partial charge in [0.15, 0.2) is 0 Å². The van der Waals surface area contributed by atoms with E-state index in [0.717, 1.165) is 12.0 Å². The molecule has 0 aliphatic rings. The van der Waals surface area contributed by atoms with Crippen LogP contribution in [-0.4, -0.2) is 50.2 Å². The molecule has 0 aromatic carbocycles. The Morgan fingerprint density at radius 3 is 1.90 bits per heavy atom. The van der Waals surface area contributed by atoms with Crippen LogP contribution in [0.4, 0.5) is 0 Å². The van der Waals surface area contributed by atoms with Gasteiger partial charge in [0.2, 0.25) is 5.78 Å². The van der Waals surface area contributed by atoms with Crippen molar-refractivity contribution in [1.29, 1.82) is 0 Å². The molecule has 154 valence electrons. The topological polar surface area (TPSA) is 134 Å². The molecule has 0 aliphatic heterocycles. The van der Waals surface area contributed by atoms with E-state index in [4.69, 9.17) is 10.4 Å². The van der Waals surface area contributed by atoms with Crippen molar-refractivity contribution in [2.45, 2.75) is 27.2 Å². The van der Waals surface area contributed by atoms with E-state index in [0.29, 0.717) is 11.3 Å². The fraction of sp³-hybridized carbons (Fsp3) is 0.300. The lowest BCUT2D eigenvalue weighted by molar-refractivity contribution is -0.154. The van der Waals surface area contributed by atoms with Gasteiger partial charge in [0.25, 0.3) is 0 Å². The highest BCUT2D eigenvalue weighted by atomic mass is 16.5. The molecule has 0 saturated carbocycles. The molecule has 2 aromatic heterocycles. The molecule has 2 aromatic rings. The second-order valence-electron chi connectivity index (χ2n) is 5.66. The van der Waals surface area contributed by atoms with Crippen molar-refractivity contribution < 1.29 is 24.7 Å². The number of carbonyl (C=O) groups is 2. The maximum Gasteiger partial charge on any atom is 0.375 e. The summed E-state index contributed by atoms with van der Waals surface area (Å²) in [7, 11) is 0. The number of ketones is 1. The molecule has 0 radical (unpaired) electrons. The summed E-state index contributed by atoms with van der Waals surface area (Å²) < 4.78 is 4.62. The highest BCUT2D eigenvalue weighted by Crippen LogP contribution is 2.11. The molecule has 0 spiro atoms. The van der Waals surface area contributed by atoms with Crippen LogP contribution in [0.3, 0.4) is 0 Å². The van der Waals surface area contributed by atoms with Crippen molar-refractivity contribution >= 4 is 23.2 Å². The number of esters is 1. The maximum absolute atomic E-state index is 11.7. The molecule has 2 N–H and O–H groups in total. The summed E-state index contributed by atoms with van der Waals surface area (Å²) >= 11 is 0. The zero-order chi connectivity index (χ0) is 21.6. The van der Waals surface area contributed by atoms with Crippen LogP contribution in [0.15, 0.2) is 59.4 Å². The molecule has 1 unspecified atom stereocenters. The van der Waals surface area contributed by atoms with Crippen LogP contribution in [0.1, 0.15) is 38.3 Å².